The molecule has 1 fully saturated rings. The first-order valence-corrected chi connectivity index (χ1v) is 3.67. The molecule has 1 N–H and O–H groups in total. The van der Waals surface area contributed by atoms with Crippen LogP contribution < -0.4 is 5.43 Å². The second-order valence-electron chi connectivity index (χ2n) is 3.33. The van der Waals surface area contributed by atoms with Gasteiger partial charge in [0.15, 0.2) is 0 Å². The molecule has 1 rings (SSSR count). The van der Waals surface area contributed by atoms with Gasteiger partial charge in [0.2, 0.25) is 0 Å². The smallest absolute Gasteiger partial charge is 0.0282 e. The highest BCUT2D eigenvalue weighted by Gasteiger charge is 2.26. The Morgan fingerprint density at radius 2 is 2.22 bits per heavy atom. The van der Waals surface area contributed by atoms with Crippen LogP contribution in [-0.2, 0) is 0 Å². The van der Waals surface area contributed by atoms with Crippen LogP contribution in [0.2, 0.25) is 0 Å². The topological polar surface area (TPSA) is 15.3 Å². The number of hydrogen-bond donors (Lipinski definition) is 1. The number of nitrogens with one attached hydrogen (secondary N) is 1. The minimum atomic E-state index is 0.343. The highest BCUT2D eigenvalue weighted by atomic mass is 15.5. The van der Waals surface area contributed by atoms with E-state index in [2.05, 4.69) is 31.2 Å². The van der Waals surface area contributed by atoms with Crippen molar-refractivity contribution < 1.29 is 0 Å². The largest absolute Gasteiger partial charge is 0.250 e. The van der Waals surface area contributed by atoms with Crippen LogP contribution in [0, 0.1) is 0 Å². The molecular formula is C7H16N2. The molecule has 1 heterocycles. The molecule has 1 saturated heterocycles. The van der Waals surface area contributed by atoms with Crippen LogP contribution in [0.1, 0.15) is 27.2 Å². The molecule has 0 saturated carbocycles. The fraction of sp³-hybridized carbons (Fsp3) is 1.00. The van der Waals surface area contributed by atoms with E-state index in [1.165, 1.54) is 13.0 Å². The second-order valence-corrected chi connectivity index (χ2v) is 3.33. The van der Waals surface area contributed by atoms with Crippen LogP contribution in [0.4, 0.5) is 0 Å². The van der Waals surface area contributed by atoms with E-state index in [1.54, 1.807) is 0 Å². The highest BCUT2D eigenvalue weighted by molar-refractivity contribution is 4.82. The summed E-state index contributed by atoms with van der Waals surface area (Å²) in [7, 11) is 0. The summed E-state index contributed by atoms with van der Waals surface area (Å²) in [6, 6.07) is 0. The Kier molecular flexibility index (Phi) is 1.78. The van der Waals surface area contributed by atoms with Gasteiger partial charge in [0.05, 0.1) is 0 Å². The predicted molar refractivity (Wildman–Crippen MR) is 39.1 cm³/mol. The van der Waals surface area contributed by atoms with Gasteiger partial charge in [-0.1, -0.05) is 6.92 Å². The summed E-state index contributed by atoms with van der Waals surface area (Å²) >= 11 is 0. The van der Waals surface area contributed by atoms with Crippen molar-refractivity contribution in [2.45, 2.75) is 32.7 Å². The summed E-state index contributed by atoms with van der Waals surface area (Å²) in [5.41, 5.74) is 3.76. The summed E-state index contributed by atoms with van der Waals surface area (Å²) < 4.78 is 0. The van der Waals surface area contributed by atoms with Gasteiger partial charge in [-0.15, -0.1) is 0 Å². The van der Waals surface area contributed by atoms with E-state index in [-0.39, 0.29) is 0 Å². The summed E-state index contributed by atoms with van der Waals surface area (Å²) in [5.74, 6) is 0. The molecule has 0 spiro atoms. The third kappa shape index (κ3) is 1.66. The molecule has 0 aliphatic carbocycles. The van der Waals surface area contributed by atoms with Crippen molar-refractivity contribution >= 4 is 0 Å². The zero-order chi connectivity index (χ0) is 6.91. The van der Waals surface area contributed by atoms with Gasteiger partial charge < -0.3 is 0 Å². The quantitative estimate of drug-likeness (QED) is 0.566. The van der Waals surface area contributed by atoms with Crippen LogP contribution in [0.5, 0.6) is 0 Å². The third-order valence-electron chi connectivity index (χ3n) is 1.85. The Hall–Kier alpha value is -0.0800. The van der Waals surface area contributed by atoms with Crippen molar-refractivity contribution in [3.63, 3.8) is 0 Å². The molecule has 2 heteroatoms. The molecule has 0 aromatic carbocycles. The molecule has 1 aliphatic rings. The summed E-state index contributed by atoms with van der Waals surface area (Å²) in [6.07, 6.45) is 1.26. The maximum absolute atomic E-state index is 3.41. The van der Waals surface area contributed by atoms with Gasteiger partial charge in [0.1, 0.15) is 0 Å². The van der Waals surface area contributed by atoms with E-state index in [1.807, 2.05) is 0 Å². The van der Waals surface area contributed by atoms with E-state index in [4.69, 9.17) is 0 Å². The Bertz CT molecular complexity index is 99.1. The van der Waals surface area contributed by atoms with Crippen molar-refractivity contribution in [2.75, 3.05) is 13.1 Å². The zero-order valence-electron chi connectivity index (χ0n) is 6.57. The molecule has 0 radical (unpaired) electrons. The standard InChI is InChI=1S/C7H16N2/c1-4-9-6-5-7(2,3)8-9/h8H,4-6H2,1-3H3. The van der Waals surface area contributed by atoms with E-state index in [0.29, 0.717) is 5.54 Å². The highest BCUT2D eigenvalue weighted by Crippen LogP contribution is 2.15. The number of hydrogen-bond acceptors (Lipinski definition) is 2. The molecule has 0 amide bonds. The maximum atomic E-state index is 3.41. The number of rotatable bonds is 1. The van der Waals surface area contributed by atoms with Crippen molar-refractivity contribution in [3.8, 4) is 0 Å². The van der Waals surface area contributed by atoms with Crippen molar-refractivity contribution in [3.05, 3.63) is 0 Å². The molecule has 0 aromatic heterocycles. The normalized spacial score (nSPS) is 27.0. The lowest BCUT2D eigenvalue weighted by atomic mass is 10.0. The minimum Gasteiger partial charge on any atom is -0.250 e. The molecule has 0 aromatic rings. The van der Waals surface area contributed by atoms with Gasteiger partial charge in [-0.3, -0.25) is 0 Å². The Morgan fingerprint density at radius 1 is 1.56 bits per heavy atom. The van der Waals surface area contributed by atoms with Gasteiger partial charge >= 0.3 is 0 Å². The Labute approximate surface area is 57.2 Å². The van der Waals surface area contributed by atoms with Crippen LogP contribution in [-0.4, -0.2) is 23.6 Å². The third-order valence-corrected chi connectivity index (χ3v) is 1.85. The molecule has 2 nitrogen and oxygen atoms in total. The SMILES string of the molecule is CCN1CCC(C)(C)N1. The minimum absolute atomic E-state index is 0.343. The zero-order valence-corrected chi connectivity index (χ0v) is 6.57. The van der Waals surface area contributed by atoms with Crippen LogP contribution in [0.25, 0.3) is 0 Å². The lowest BCUT2D eigenvalue weighted by Crippen LogP contribution is -2.41. The first-order chi connectivity index (χ1) is 4.14. The molecule has 54 valence electrons. The predicted octanol–water partition coefficient (Wildman–Crippen LogP) is 0.995. The van der Waals surface area contributed by atoms with Crippen LogP contribution in [0.3, 0.4) is 0 Å². The number of hydrazine groups is 1. The van der Waals surface area contributed by atoms with E-state index in [9.17, 15) is 0 Å². The van der Waals surface area contributed by atoms with Gasteiger partial charge in [-0.05, 0) is 20.3 Å². The molecule has 0 unspecified atom stereocenters. The Balaban J connectivity index is 2.38. The average molecular weight is 128 g/mol. The van der Waals surface area contributed by atoms with Crippen molar-refractivity contribution in [1.29, 1.82) is 0 Å². The molecule has 9 heavy (non-hydrogen) atoms. The van der Waals surface area contributed by atoms with Crippen LogP contribution in [0.15, 0.2) is 0 Å². The average Bonchev–Trinajstić information content (AvgIpc) is 2.10. The molecule has 0 bridgehead atoms. The van der Waals surface area contributed by atoms with Gasteiger partial charge in [0.25, 0.3) is 0 Å². The van der Waals surface area contributed by atoms with Gasteiger partial charge in [-0.2, -0.15) is 0 Å². The first kappa shape index (κ1) is 7.03. The number of nitrogens with zero attached hydrogens (tertiary/aromatic N) is 1. The summed E-state index contributed by atoms with van der Waals surface area (Å²) in [4.78, 5) is 0. The van der Waals surface area contributed by atoms with Gasteiger partial charge in [0, 0.05) is 18.6 Å². The first-order valence-electron chi connectivity index (χ1n) is 3.67. The van der Waals surface area contributed by atoms with E-state index in [0.717, 1.165) is 6.54 Å². The fourth-order valence-electron chi connectivity index (χ4n) is 1.19. The van der Waals surface area contributed by atoms with E-state index < -0.39 is 0 Å². The van der Waals surface area contributed by atoms with Crippen molar-refractivity contribution in [2.24, 2.45) is 0 Å². The summed E-state index contributed by atoms with van der Waals surface area (Å²) in [6.45, 7) is 8.96. The van der Waals surface area contributed by atoms with E-state index >= 15 is 0 Å². The lowest BCUT2D eigenvalue weighted by Gasteiger charge is -2.20. The lowest BCUT2D eigenvalue weighted by molar-refractivity contribution is 0.220. The monoisotopic (exact) mass is 128 g/mol. The molecule has 0 atom stereocenters. The molecular weight excluding hydrogens is 112 g/mol. The summed E-state index contributed by atoms with van der Waals surface area (Å²) in [5, 5.41) is 2.26. The van der Waals surface area contributed by atoms with Gasteiger partial charge in [-0.25, -0.2) is 10.4 Å². The van der Waals surface area contributed by atoms with Crippen LogP contribution >= 0.6 is 0 Å². The second kappa shape index (κ2) is 2.27. The fourth-order valence-corrected chi connectivity index (χ4v) is 1.19. The Morgan fingerprint density at radius 3 is 2.44 bits per heavy atom. The maximum Gasteiger partial charge on any atom is 0.0282 e. The molecule has 1 aliphatic heterocycles. The van der Waals surface area contributed by atoms with Crippen molar-refractivity contribution in [1.82, 2.24) is 10.4 Å².